The van der Waals surface area contributed by atoms with Crippen LogP contribution in [0.5, 0.6) is 0 Å². The van der Waals surface area contributed by atoms with Crippen molar-refractivity contribution >= 4 is 6.29 Å². The molecule has 0 saturated heterocycles. The number of rotatable bonds is 3. The molecule has 0 saturated carbocycles. The fourth-order valence-corrected chi connectivity index (χ4v) is 1.18. The van der Waals surface area contributed by atoms with Crippen LogP contribution in [0.1, 0.15) is 23.0 Å². The Kier molecular flexibility index (Phi) is 2.83. The fourth-order valence-electron chi connectivity index (χ4n) is 1.18. The Morgan fingerprint density at radius 3 is 2.38 bits per heavy atom. The second-order valence-corrected chi connectivity index (χ2v) is 3.34. The standard InChI is InChI=1S/C9H14N3O/c1-6-7(2)10-11-9(6)8(5-13)12(3)4/h8H,1-4H3,(H,10,11). The summed E-state index contributed by atoms with van der Waals surface area (Å²) in [6.45, 7) is 3.88. The monoisotopic (exact) mass is 180 g/mol. The lowest BCUT2D eigenvalue weighted by Gasteiger charge is -2.15. The number of aromatic nitrogens is 2. The molecule has 1 aromatic heterocycles. The van der Waals surface area contributed by atoms with Gasteiger partial charge in [0.25, 0.3) is 0 Å². The number of hydrogen-bond donors (Lipinski definition) is 1. The van der Waals surface area contributed by atoms with Crippen molar-refractivity contribution in [3.63, 3.8) is 0 Å². The zero-order valence-corrected chi connectivity index (χ0v) is 8.38. The summed E-state index contributed by atoms with van der Waals surface area (Å²) in [5, 5.41) is 6.93. The zero-order chi connectivity index (χ0) is 10.0. The highest BCUT2D eigenvalue weighted by Gasteiger charge is 2.19. The van der Waals surface area contributed by atoms with Crippen molar-refractivity contribution in [1.82, 2.24) is 15.1 Å². The molecule has 0 aliphatic carbocycles. The van der Waals surface area contributed by atoms with Gasteiger partial charge in [0.1, 0.15) is 6.04 Å². The van der Waals surface area contributed by atoms with Crippen molar-refractivity contribution < 1.29 is 4.79 Å². The summed E-state index contributed by atoms with van der Waals surface area (Å²) in [5.41, 5.74) is 2.79. The topological polar surface area (TPSA) is 49.0 Å². The van der Waals surface area contributed by atoms with E-state index in [0.29, 0.717) is 0 Å². The van der Waals surface area contributed by atoms with Crippen molar-refractivity contribution in [2.45, 2.75) is 19.9 Å². The average molecular weight is 180 g/mol. The number of nitrogens with zero attached hydrogens (tertiary/aromatic N) is 2. The molecule has 0 aromatic carbocycles. The van der Waals surface area contributed by atoms with E-state index in [1.165, 1.54) is 0 Å². The van der Waals surface area contributed by atoms with Gasteiger partial charge in [-0.2, -0.15) is 5.10 Å². The summed E-state index contributed by atoms with van der Waals surface area (Å²) in [7, 11) is 3.66. The molecule has 1 aromatic rings. The first kappa shape index (κ1) is 9.92. The Labute approximate surface area is 77.9 Å². The van der Waals surface area contributed by atoms with Gasteiger partial charge in [-0.1, -0.05) is 0 Å². The highest BCUT2D eigenvalue weighted by atomic mass is 16.1. The number of hydrogen-bond acceptors (Lipinski definition) is 3. The number of H-pyrrole nitrogens is 1. The molecule has 0 aliphatic heterocycles. The lowest BCUT2D eigenvalue weighted by Crippen LogP contribution is -2.22. The number of aromatic amines is 1. The van der Waals surface area contributed by atoms with Crippen LogP contribution < -0.4 is 0 Å². The second-order valence-electron chi connectivity index (χ2n) is 3.34. The highest BCUT2D eigenvalue weighted by Crippen LogP contribution is 2.18. The van der Waals surface area contributed by atoms with Gasteiger partial charge in [0, 0.05) is 5.69 Å². The summed E-state index contributed by atoms with van der Waals surface area (Å²) < 4.78 is 0. The maximum Gasteiger partial charge on any atom is 0.223 e. The first-order chi connectivity index (χ1) is 6.07. The molecule has 0 aliphatic rings. The molecule has 4 nitrogen and oxygen atoms in total. The molecule has 4 heteroatoms. The van der Waals surface area contributed by atoms with E-state index in [1.54, 1.807) is 4.90 Å². The first-order valence-electron chi connectivity index (χ1n) is 4.13. The fraction of sp³-hybridized carbons (Fsp3) is 0.556. The maximum absolute atomic E-state index is 10.7. The van der Waals surface area contributed by atoms with Gasteiger partial charge in [-0.3, -0.25) is 14.8 Å². The van der Waals surface area contributed by atoms with Gasteiger partial charge in [-0.25, -0.2) is 0 Å². The van der Waals surface area contributed by atoms with Crippen LogP contribution in [-0.2, 0) is 4.79 Å². The molecule has 1 atom stereocenters. The molecule has 71 valence electrons. The molecule has 13 heavy (non-hydrogen) atoms. The molecule has 1 radical (unpaired) electrons. The number of carbonyl (C=O) groups excluding carboxylic acids is 1. The third-order valence-corrected chi connectivity index (χ3v) is 2.18. The summed E-state index contributed by atoms with van der Waals surface area (Å²) in [5.74, 6) is 0. The predicted molar refractivity (Wildman–Crippen MR) is 50.2 cm³/mol. The quantitative estimate of drug-likeness (QED) is 0.746. The molecular weight excluding hydrogens is 166 g/mol. The van der Waals surface area contributed by atoms with Crippen molar-refractivity contribution in [3.8, 4) is 0 Å². The van der Waals surface area contributed by atoms with E-state index in [4.69, 9.17) is 0 Å². The molecule has 0 spiro atoms. The van der Waals surface area contributed by atoms with Gasteiger partial charge in [0.15, 0.2) is 0 Å². The maximum atomic E-state index is 10.7. The minimum absolute atomic E-state index is 0.370. The normalized spacial score (nSPS) is 13.3. The largest absolute Gasteiger partial charge is 0.294 e. The molecule has 0 fully saturated rings. The third kappa shape index (κ3) is 1.78. The minimum Gasteiger partial charge on any atom is -0.294 e. The predicted octanol–water partition coefficient (Wildman–Crippen LogP) is 0.739. The van der Waals surface area contributed by atoms with Crippen LogP contribution in [0.15, 0.2) is 0 Å². The second kappa shape index (κ2) is 3.70. The average Bonchev–Trinajstić information content (AvgIpc) is 2.37. The van der Waals surface area contributed by atoms with Gasteiger partial charge in [0.05, 0.1) is 5.69 Å². The van der Waals surface area contributed by atoms with E-state index in [2.05, 4.69) is 10.2 Å². The van der Waals surface area contributed by atoms with Crippen LogP contribution in [0.25, 0.3) is 0 Å². The van der Waals surface area contributed by atoms with Crippen molar-refractivity contribution in [3.05, 3.63) is 17.0 Å². The summed E-state index contributed by atoms with van der Waals surface area (Å²) >= 11 is 0. The smallest absolute Gasteiger partial charge is 0.223 e. The molecule has 0 bridgehead atoms. The van der Waals surface area contributed by atoms with E-state index in [0.717, 1.165) is 17.0 Å². The lowest BCUT2D eigenvalue weighted by molar-refractivity contribution is 0.349. The number of aryl methyl sites for hydroxylation is 1. The molecule has 1 N–H and O–H groups in total. The molecule has 1 heterocycles. The van der Waals surface area contributed by atoms with E-state index < -0.39 is 0 Å². The Hall–Kier alpha value is -1.16. The SMILES string of the molecule is Cc1[nH]nc(C([C]=O)N(C)C)c1C. The lowest BCUT2D eigenvalue weighted by atomic mass is 10.1. The Morgan fingerprint density at radius 2 is 2.08 bits per heavy atom. The third-order valence-electron chi connectivity index (χ3n) is 2.18. The molecule has 1 rings (SSSR count). The van der Waals surface area contributed by atoms with E-state index in [1.807, 2.05) is 34.2 Å². The van der Waals surface area contributed by atoms with Gasteiger partial charge in [-0.05, 0) is 33.5 Å². The zero-order valence-electron chi connectivity index (χ0n) is 8.38. The van der Waals surface area contributed by atoms with Crippen LogP contribution in [-0.4, -0.2) is 35.5 Å². The van der Waals surface area contributed by atoms with Crippen LogP contribution in [0.2, 0.25) is 0 Å². The van der Waals surface area contributed by atoms with Gasteiger partial charge >= 0.3 is 0 Å². The van der Waals surface area contributed by atoms with Crippen molar-refractivity contribution in [1.29, 1.82) is 0 Å². The van der Waals surface area contributed by atoms with Crippen LogP contribution in [0.4, 0.5) is 0 Å². The summed E-state index contributed by atoms with van der Waals surface area (Å²) in [4.78, 5) is 12.5. The minimum atomic E-state index is -0.370. The molecule has 0 amide bonds. The molecule has 1 unspecified atom stereocenters. The van der Waals surface area contributed by atoms with Crippen molar-refractivity contribution in [2.24, 2.45) is 0 Å². The Morgan fingerprint density at radius 1 is 1.46 bits per heavy atom. The Balaban J connectivity index is 3.04. The van der Waals surface area contributed by atoms with Gasteiger partial charge < -0.3 is 0 Å². The highest BCUT2D eigenvalue weighted by molar-refractivity contribution is 5.62. The van der Waals surface area contributed by atoms with Crippen LogP contribution in [0, 0.1) is 13.8 Å². The van der Waals surface area contributed by atoms with Gasteiger partial charge in [-0.15, -0.1) is 0 Å². The summed E-state index contributed by atoms with van der Waals surface area (Å²) in [6.07, 6.45) is 1.97. The van der Waals surface area contributed by atoms with E-state index >= 15 is 0 Å². The first-order valence-corrected chi connectivity index (χ1v) is 4.13. The van der Waals surface area contributed by atoms with Crippen LogP contribution in [0.3, 0.4) is 0 Å². The van der Waals surface area contributed by atoms with Crippen molar-refractivity contribution in [2.75, 3.05) is 14.1 Å². The summed E-state index contributed by atoms with van der Waals surface area (Å²) in [6, 6.07) is -0.370. The van der Waals surface area contributed by atoms with Gasteiger partial charge in [0.2, 0.25) is 6.29 Å². The van der Waals surface area contributed by atoms with E-state index in [9.17, 15) is 4.79 Å². The van der Waals surface area contributed by atoms with E-state index in [-0.39, 0.29) is 6.04 Å². The number of nitrogens with one attached hydrogen (secondary N) is 1. The Bertz CT molecular complexity index is 304. The van der Waals surface area contributed by atoms with Crippen LogP contribution >= 0.6 is 0 Å². The number of likely N-dealkylation sites (N-methyl/N-ethyl adjacent to an activating group) is 1. The molecular formula is C9H14N3O.